The summed E-state index contributed by atoms with van der Waals surface area (Å²) in [5.41, 5.74) is 2.23. The highest BCUT2D eigenvalue weighted by atomic mass is 32.1. The van der Waals surface area contributed by atoms with E-state index in [9.17, 15) is 0 Å². The smallest absolute Gasteiger partial charge is 0.194 e. The van der Waals surface area contributed by atoms with Crippen LogP contribution in [0.5, 0.6) is 0 Å². The maximum atomic E-state index is 4.74. The van der Waals surface area contributed by atoms with Crippen molar-refractivity contribution in [3.05, 3.63) is 32.2 Å². The molecule has 1 N–H and O–H groups in total. The first-order chi connectivity index (χ1) is 11.6. The quantitative estimate of drug-likeness (QED) is 0.441. The van der Waals surface area contributed by atoms with Crippen LogP contribution in [-0.2, 0) is 13.0 Å². The molecular weight excluding hydrogens is 338 g/mol. The molecule has 0 aliphatic carbocycles. The molecule has 0 saturated carbocycles. The second-order valence-corrected chi connectivity index (χ2v) is 7.79. The van der Waals surface area contributed by atoms with Gasteiger partial charge < -0.3 is 10.2 Å². The Morgan fingerprint density at radius 2 is 2.04 bits per heavy atom. The number of nitrogens with one attached hydrogen (secondary N) is 1. The second-order valence-electron chi connectivity index (χ2n) is 5.79. The highest BCUT2D eigenvalue weighted by molar-refractivity contribution is 7.09. The molecule has 0 bridgehead atoms. The van der Waals surface area contributed by atoms with Gasteiger partial charge in [0.25, 0.3) is 0 Å². The molecule has 2 aromatic heterocycles. The summed E-state index contributed by atoms with van der Waals surface area (Å²) in [6, 6.07) is 0. The lowest BCUT2D eigenvalue weighted by Crippen LogP contribution is -2.38. The maximum Gasteiger partial charge on any atom is 0.194 e. The van der Waals surface area contributed by atoms with Crippen LogP contribution in [0.1, 0.15) is 41.2 Å². The average molecular weight is 366 g/mol. The van der Waals surface area contributed by atoms with Gasteiger partial charge in [-0.25, -0.2) is 9.97 Å². The Kier molecular flexibility index (Phi) is 7.65. The molecule has 132 valence electrons. The van der Waals surface area contributed by atoms with Gasteiger partial charge in [0.1, 0.15) is 0 Å². The minimum atomic E-state index is 0.786. The zero-order chi connectivity index (χ0) is 17.4. The molecule has 24 heavy (non-hydrogen) atoms. The molecule has 0 aliphatic rings. The zero-order valence-electron chi connectivity index (χ0n) is 15.0. The van der Waals surface area contributed by atoms with E-state index in [4.69, 9.17) is 4.99 Å². The van der Waals surface area contributed by atoms with E-state index in [1.807, 2.05) is 13.8 Å². The average Bonchev–Trinajstić information content (AvgIpc) is 3.14. The van der Waals surface area contributed by atoms with Crippen molar-refractivity contribution in [1.82, 2.24) is 20.2 Å². The van der Waals surface area contributed by atoms with Gasteiger partial charge in [-0.1, -0.05) is 0 Å². The van der Waals surface area contributed by atoms with E-state index in [0.717, 1.165) is 61.3 Å². The van der Waals surface area contributed by atoms with Crippen molar-refractivity contribution in [3.63, 3.8) is 0 Å². The number of aliphatic imine (C=N–C) groups is 1. The predicted molar refractivity (Wildman–Crippen MR) is 104 cm³/mol. The van der Waals surface area contributed by atoms with Crippen LogP contribution in [0, 0.1) is 13.8 Å². The number of nitrogens with zero attached hydrogens (tertiary/aromatic N) is 4. The van der Waals surface area contributed by atoms with Gasteiger partial charge in [0, 0.05) is 36.6 Å². The molecule has 5 nitrogen and oxygen atoms in total. The predicted octanol–water partition coefficient (Wildman–Crippen LogP) is 3.64. The molecule has 0 unspecified atom stereocenters. The number of guanidine groups is 1. The van der Waals surface area contributed by atoms with Crippen LogP contribution >= 0.6 is 22.7 Å². The Morgan fingerprint density at radius 3 is 2.67 bits per heavy atom. The van der Waals surface area contributed by atoms with E-state index in [1.54, 1.807) is 22.7 Å². The molecule has 7 heteroatoms. The Bertz CT molecular complexity index is 647. The normalized spacial score (nSPS) is 11.8. The van der Waals surface area contributed by atoms with Crippen LogP contribution < -0.4 is 5.32 Å². The van der Waals surface area contributed by atoms with Crippen LogP contribution in [0.25, 0.3) is 0 Å². The van der Waals surface area contributed by atoms with E-state index in [2.05, 4.69) is 44.9 Å². The van der Waals surface area contributed by atoms with E-state index >= 15 is 0 Å². The number of aromatic nitrogens is 2. The molecule has 0 aliphatic heterocycles. The Balaban J connectivity index is 1.78. The summed E-state index contributed by atoms with van der Waals surface area (Å²) in [6.45, 7) is 8.69. The first-order valence-corrected chi connectivity index (χ1v) is 10.2. The number of rotatable bonds is 8. The van der Waals surface area contributed by atoms with Gasteiger partial charge in [-0.15, -0.1) is 22.7 Å². The maximum absolute atomic E-state index is 4.74. The van der Waals surface area contributed by atoms with Crippen molar-refractivity contribution in [2.75, 3.05) is 20.1 Å². The molecule has 0 radical (unpaired) electrons. The third-order valence-electron chi connectivity index (χ3n) is 3.49. The van der Waals surface area contributed by atoms with E-state index in [0.29, 0.717) is 0 Å². The largest absolute Gasteiger partial charge is 0.357 e. The van der Waals surface area contributed by atoms with Gasteiger partial charge in [0.2, 0.25) is 0 Å². The van der Waals surface area contributed by atoms with Crippen molar-refractivity contribution in [1.29, 1.82) is 0 Å². The van der Waals surface area contributed by atoms with Gasteiger partial charge >= 0.3 is 0 Å². The molecule has 2 heterocycles. The number of thiazole rings is 2. The molecule has 2 aromatic rings. The summed E-state index contributed by atoms with van der Waals surface area (Å²) in [7, 11) is 2.06. The summed E-state index contributed by atoms with van der Waals surface area (Å²) in [4.78, 5) is 15.9. The lowest BCUT2D eigenvalue weighted by atomic mass is 10.2. The fourth-order valence-electron chi connectivity index (χ4n) is 2.36. The highest BCUT2D eigenvalue weighted by Crippen LogP contribution is 2.12. The SMILES string of the molecule is CCNC(=NCCCCc1nc(C)cs1)N(C)Cc1csc(C)n1. The number of hydrogen-bond acceptors (Lipinski definition) is 5. The van der Waals surface area contributed by atoms with Crippen molar-refractivity contribution in [3.8, 4) is 0 Å². The Labute approximate surface area is 152 Å². The third kappa shape index (κ3) is 6.20. The number of unbranched alkanes of at least 4 members (excludes halogenated alkanes) is 1. The number of hydrogen-bond donors (Lipinski definition) is 1. The molecule has 0 atom stereocenters. The molecule has 0 aromatic carbocycles. The fourth-order valence-corrected chi connectivity index (χ4v) is 3.78. The first kappa shape index (κ1) is 18.9. The van der Waals surface area contributed by atoms with Crippen LogP contribution in [0.2, 0.25) is 0 Å². The number of aryl methyl sites for hydroxylation is 3. The molecular formula is C17H27N5S2. The van der Waals surface area contributed by atoms with Crippen molar-refractivity contribution >= 4 is 28.6 Å². The molecule has 0 spiro atoms. The van der Waals surface area contributed by atoms with Gasteiger partial charge in [0.05, 0.1) is 22.3 Å². The standard InChI is InChI=1S/C17H27N5S2/c1-5-18-17(22(4)10-15-12-23-14(3)21-15)19-9-7-6-8-16-20-13(2)11-24-16/h11-12H,5-10H2,1-4H3,(H,18,19). The van der Waals surface area contributed by atoms with Gasteiger partial charge in [-0.3, -0.25) is 4.99 Å². The van der Waals surface area contributed by atoms with E-state index in [-0.39, 0.29) is 0 Å². The van der Waals surface area contributed by atoms with Gasteiger partial charge in [-0.2, -0.15) is 0 Å². The molecule has 0 amide bonds. The minimum absolute atomic E-state index is 0.786. The van der Waals surface area contributed by atoms with Crippen LogP contribution in [0.4, 0.5) is 0 Å². The van der Waals surface area contributed by atoms with Gasteiger partial charge in [0.15, 0.2) is 5.96 Å². The van der Waals surface area contributed by atoms with Crippen LogP contribution in [-0.4, -0.2) is 41.0 Å². The highest BCUT2D eigenvalue weighted by Gasteiger charge is 2.08. The fraction of sp³-hybridized carbons (Fsp3) is 0.588. The molecule has 0 saturated heterocycles. The van der Waals surface area contributed by atoms with Crippen molar-refractivity contribution in [2.24, 2.45) is 4.99 Å². The summed E-state index contributed by atoms with van der Waals surface area (Å²) < 4.78 is 0. The van der Waals surface area contributed by atoms with Crippen molar-refractivity contribution < 1.29 is 0 Å². The topological polar surface area (TPSA) is 53.4 Å². The lowest BCUT2D eigenvalue weighted by Gasteiger charge is -2.21. The molecule has 2 rings (SSSR count). The minimum Gasteiger partial charge on any atom is -0.357 e. The monoisotopic (exact) mass is 365 g/mol. The summed E-state index contributed by atoms with van der Waals surface area (Å²) in [6.07, 6.45) is 3.26. The van der Waals surface area contributed by atoms with Crippen LogP contribution in [0.3, 0.4) is 0 Å². The van der Waals surface area contributed by atoms with Crippen molar-refractivity contribution in [2.45, 2.75) is 46.6 Å². The Hall–Kier alpha value is -1.47. The summed E-state index contributed by atoms with van der Waals surface area (Å²) in [5.74, 6) is 0.952. The van der Waals surface area contributed by atoms with E-state index < -0.39 is 0 Å². The van der Waals surface area contributed by atoms with E-state index in [1.165, 1.54) is 5.01 Å². The first-order valence-electron chi connectivity index (χ1n) is 8.40. The Morgan fingerprint density at radius 1 is 1.21 bits per heavy atom. The summed E-state index contributed by atoms with van der Waals surface area (Å²) in [5, 5.41) is 9.94. The third-order valence-corrected chi connectivity index (χ3v) is 5.34. The van der Waals surface area contributed by atoms with Crippen LogP contribution in [0.15, 0.2) is 15.8 Å². The van der Waals surface area contributed by atoms with Gasteiger partial charge in [-0.05, 0) is 40.0 Å². The zero-order valence-corrected chi connectivity index (χ0v) is 16.6. The molecule has 0 fully saturated rings. The summed E-state index contributed by atoms with van der Waals surface area (Å²) >= 11 is 3.45. The second kappa shape index (κ2) is 9.74. The lowest BCUT2D eigenvalue weighted by molar-refractivity contribution is 0.470.